The van der Waals surface area contributed by atoms with Crippen LogP contribution < -0.4 is 5.32 Å². The normalized spacial score (nSPS) is 17.1. The summed E-state index contributed by atoms with van der Waals surface area (Å²) in [5.41, 5.74) is 0. The monoisotopic (exact) mass is 489 g/mol. The van der Waals surface area contributed by atoms with E-state index in [4.69, 9.17) is 14.1 Å². The van der Waals surface area contributed by atoms with Gasteiger partial charge in [0.15, 0.2) is 5.96 Å². The second-order valence-corrected chi connectivity index (χ2v) is 7.43. The van der Waals surface area contributed by atoms with Gasteiger partial charge in [0.1, 0.15) is 5.76 Å². The van der Waals surface area contributed by atoms with Crippen LogP contribution in [0.2, 0.25) is 0 Å². The fourth-order valence-electron chi connectivity index (χ4n) is 2.99. The summed E-state index contributed by atoms with van der Waals surface area (Å²) in [7, 11) is 2.11. The molecule has 1 unspecified atom stereocenters. The minimum atomic E-state index is 0. The number of guanidine groups is 1. The highest BCUT2D eigenvalue weighted by Crippen LogP contribution is 2.13. The van der Waals surface area contributed by atoms with Crippen molar-refractivity contribution in [1.29, 1.82) is 0 Å². The van der Waals surface area contributed by atoms with Crippen molar-refractivity contribution < 1.29 is 9.15 Å². The Morgan fingerprint density at radius 1 is 1.35 bits per heavy atom. The first kappa shape index (κ1) is 21.2. The first-order valence-electron chi connectivity index (χ1n) is 8.93. The summed E-state index contributed by atoms with van der Waals surface area (Å²) in [6, 6.07) is 8.20. The minimum Gasteiger partial charge on any atom is -0.469 e. The fourth-order valence-corrected chi connectivity index (χ4v) is 3.69. The molecule has 0 bridgehead atoms. The number of hydrogen-bond donors (Lipinski definition) is 1. The van der Waals surface area contributed by atoms with Gasteiger partial charge < -0.3 is 19.4 Å². The highest BCUT2D eigenvalue weighted by atomic mass is 127. The van der Waals surface area contributed by atoms with Gasteiger partial charge in [0, 0.05) is 56.9 Å². The van der Waals surface area contributed by atoms with Crippen molar-refractivity contribution in [2.75, 3.05) is 39.9 Å². The van der Waals surface area contributed by atoms with Crippen molar-refractivity contribution in [3.63, 3.8) is 0 Å². The third kappa shape index (κ3) is 6.92. The number of furan rings is 1. The quantitative estimate of drug-likeness (QED) is 0.350. The molecular weight excluding hydrogens is 461 g/mol. The Labute approximate surface area is 176 Å². The predicted molar refractivity (Wildman–Crippen MR) is 118 cm³/mol. The molecule has 0 aromatic carbocycles. The number of nitrogens with one attached hydrogen (secondary N) is 1. The topological polar surface area (TPSA) is 50.0 Å². The first-order valence-corrected chi connectivity index (χ1v) is 9.81. The van der Waals surface area contributed by atoms with Crippen molar-refractivity contribution in [1.82, 2.24) is 10.2 Å². The number of thiophene rings is 1. The fraction of sp³-hybridized carbons (Fsp3) is 0.526. The maximum absolute atomic E-state index is 5.50. The third-order valence-corrected chi connectivity index (χ3v) is 5.29. The van der Waals surface area contributed by atoms with Gasteiger partial charge in [0.2, 0.25) is 0 Å². The van der Waals surface area contributed by atoms with Gasteiger partial charge in [-0.3, -0.25) is 4.99 Å². The van der Waals surface area contributed by atoms with Crippen LogP contribution in [0.15, 0.2) is 45.3 Å². The molecule has 1 N–H and O–H groups in total. The van der Waals surface area contributed by atoms with Gasteiger partial charge in [-0.05, 0) is 30.0 Å². The zero-order valence-electron chi connectivity index (χ0n) is 15.2. The second kappa shape index (κ2) is 11.6. The third-order valence-electron chi connectivity index (χ3n) is 4.35. The lowest BCUT2D eigenvalue weighted by atomic mass is 10.1. The average Bonchev–Trinajstić information content (AvgIpc) is 3.37. The van der Waals surface area contributed by atoms with E-state index in [1.54, 1.807) is 17.6 Å². The number of ether oxygens (including phenoxy) is 1. The molecule has 7 heteroatoms. The Bertz CT molecular complexity index is 625. The van der Waals surface area contributed by atoms with Gasteiger partial charge in [-0.15, -0.1) is 35.3 Å². The molecule has 2 aromatic rings. The number of hydrogen-bond acceptors (Lipinski definition) is 4. The molecule has 3 heterocycles. The summed E-state index contributed by atoms with van der Waals surface area (Å²) < 4.78 is 10.9. The van der Waals surface area contributed by atoms with Crippen LogP contribution >= 0.6 is 35.3 Å². The summed E-state index contributed by atoms with van der Waals surface area (Å²) >= 11 is 1.79. The summed E-state index contributed by atoms with van der Waals surface area (Å²) in [5, 5.41) is 5.61. The van der Waals surface area contributed by atoms with Crippen LogP contribution in [0.5, 0.6) is 0 Å². The molecule has 1 saturated heterocycles. The van der Waals surface area contributed by atoms with Crippen molar-refractivity contribution in [2.24, 2.45) is 10.9 Å². The SMILES string of the molecule is CN(CC1CCOC1)C(=NCCc1cccs1)NCCc1ccco1.I. The predicted octanol–water partition coefficient (Wildman–Crippen LogP) is 3.66. The average molecular weight is 489 g/mol. The highest BCUT2D eigenvalue weighted by molar-refractivity contribution is 14.0. The molecule has 0 amide bonds. The van der Waals surface area contributed by atoms with Crippen molar-refractivity contribution in [3.05, 3.63) is 46.5 Å². The molecule has 2 aromatic heterocycles. The van der Waals surface area contributed by atoms with Gasteiger partial charge in [0.05, 0.1) is 12.9 Å². The van der Waals surface area contributed by atoms with E-state index in [0.717, 1.165) is 63.8 Å². The van der Waals surface area contributed by atoms with E-state index >= 15 is 0 Å². The lowest BCUT2D eigenvalue weighted by Crippen LogP contribution is -2.42. The van der Waals surface area contributed by atoms with Crippen LogP contribution in [0.1, 0.15) is 17.1 Å². The number of halogens is 1. The molecule has 0 spiro atoms. The van der Waals surface area contributed by atoms with Crippen molar-refractivity contribution in [3.8, 4) is 0 Å². The molecule has 1 aliphatic rings. The molecule has 26 heavy (non-hydrogen) atoms. The van der Waals surface area contributed by atoms with Crippen LogP contribution in [0.25, 0.3) is 0 Å². The van der Waals surface area contributed by atoms with Crippen LogP contribution in [0, 0.1) is 5.92 Å². The van der Waals surface area contributed by atoms with Crippen molar-refractivity contribution in [2.45, 2.75) is 19.3 Å². The minimum absolute atomic E-state index is 0. The number of rotatable bonds is 8. The molecule has 144 valence electrons. The van der Waals surface area contributed by atoms with E-state index in [0.29, 0.717) is 5.92 Å². The lowest BCUT2D eigenvalue weighted by Gasteiger charge is -2.25. The molecular formula is C19H28IN3O2S. The van der Waals surface area contributed by atoms with Crippen LogP contribution in [0.4, 0.5) is 0 Å². The van der Waals surface area contributed by atoms with E-state index in [2.05, 4.69) is 34.8 Å². The molecule has 3 rings (SSSR count). The van der Waals surface area contributed by atoms with Crippen LogP contribution in [0.3, 0.4) is 0 Å². The maximum Gasteiger partial charge on any atom is 0.193 e. The van der Waals surface area contributed by atoms with Crippen LogP contribution in [-0.2, 0) is 17.6 Å². The largest absolute Gasteiger partial charge is 0.469 e. The Morgan fingerprint density at radius 2 is 2.27 bits per heavy atom. The van der Waals surface area contributed by atoms with Gasteiger partial charge in [-0.1, -0.05) is 6.07 Å². The summed E-state index contributed by atoms with van der Waals surface area (Å²) in [6.07, 6.45) is 4.70. The maximum atomic E-state index is 5.50. The summed E-state index contributed by atoms with van der Waals surface area (Å²) in [6.45, 7) is 4.34. The summed E-state index contributed by atoms with van der Waals surface area (Å²) in [4.78, 5) is 8.44. The Morgan fingerprint density at radius 3 is 2.96 bits per heavy atom. The Balaban J connectivity index is 0.00000243. The van der Waals surface area contributed by atoms with E-state index in [1.807, 2.05) is 12.1 Å². The molecule has 0 saturated carbocycles. The standard InChI is InChI=1S/C19H27N3O2S.HI/c1-22(14-16-8-12-23-15-16)19(20-9-6-17-4-2-11-24-17)21-10-7-18-5-3-13-25-18;/h2-5,11,13,16H,6-10,12,14-15H2,1H3,(H,20,21);1H. The molecule has 1 atom stereocenters. The first-order chi connectivity index (χ1) is 12.3. The molecule has 0 aliphatic carbocycles. The van der Waals surface area contributed by atoms with Crippen LogP contribution in [-0.4, -0.2) is 50.8 Å². The van der Waals surface area contributed by atoms with Gasteiger partial charge in [-0.25, -0.2) is 0 Å². The summed E-state index contributed by atoms with van der Waals surface area (Å²) in [5.74, 6) is 2.56. The number of nitrogens with zero attached hydrogens (tertiary/aromatic N) is 2. The molecule has 1 aliphatic heterocycles. The smallest absolute Gasteiger partial charge is 0.193 e. The zero-order valence-corrected chi connectivity index (χ0v) is 18.4. The van der Waals surface area contributed by atoms with Gasteiger partial charge in [-0.2, -0.15) is 0 Å². The van der Waals surface area contributed by atoms with E-state index in [1.165, 1.54) is 4.88 Å². The van der Waals surface area contributed by atoms with E-state index in [-0.39, 0.29) is 24.0 Å². The van der Waals surface area contributed by atoms with Crippen molar-refractivity contribution >= 4 is 41.3 Å². The second-order valence-electron chi connectivity index (χ2n) is 6.40. The Kier molecular flexibility index (Phi) is 9.49. The van der Waals surface area contributed by atoms with E-state index < -0.39 is 0 Å². The molecule has 0 radical (unpaired) electrons. The molecule has 5 nitrogen and oxygen atoms in total. The zero-order chi connectivity index (χ0) is 17.3. The Hall–Kier alpha value is -1.06. The highest BCUT2D eigenvalue weighted by Gasteiger charge is 2.19. The van der Waals surface area contributed by atoms with Gasteiger partial charge in [0.25, 0.3) is 0 Å². The van der Waals surface area contributed by atoms with E-state index in [9.17, 15) is 0 Å². The molecule has 1 fully saturated rings. The van der Waals surface area contributed by atoms with Gasteiger partial charge >= 0.3 is 0 Å². The lowest BCUT2D eigenvalue weighted by molar-refractivity contribution is 0.181. The number of aliphatic imine (C=N–C) groups is 1.